The van der Waals surface area contributed by atoms with Crippen molar-refractivity contribution in [3.8, 4) is 0 Å². The molecule has 2 N–H and O–H groups in total. The number of hydrogen-bond acceptors (Lipinski definition) is 3. The number of benzene rings is 1. The van der Waals surface area contributed by atoms with Crippen molar-refractivity contribution in [2.45, 2.75) is 37.0 Å². The number of furan rings is 1. The van der Waals surface area contributed by atoms with Crippen molar-refractivity contribution in [1.82, 2.24) is 10.6 Å². The van der Waals surface area contributed by atoms with Crippen LogP contribution in [0.1, 0.15) is 31.4 Å². The average Bonchev–Trinajstić information content (AvgIpc) is 2.99. The second-order valence-corrected chi connectivity index (χ2v) is 7.02. The van der Waals surface area contributed by atoms with E-state index in [-0.39, 0.29) is 6.04 Å². The Bertz CT molecular complexity index is 624. The van der Waals surface area contributed by atoms with Gasteiger partial charge in [-0.25, -0.2) is 0 Å². The van der Waals surface area contributed by atoms with Crippen LogP contribution in [0.4, 0.5) is 0 Å². The van der Waals surface area contributed by atoms with E-state index in [2.05, 4.69) is 53.7 Å². The normalized spacial score (nSPS) is 14.3. The summed E-state index contributed by atoms with van der Waals surface area (Å²) in [5, 5.41) is 7.17. The Balaban J connectivity index is 1.80. The molecule has 0 aliphatic rings. The second-order valence-electron chi connectivity index (χ2n) is 5.51. The van der Waals surface area contributed by atoms with Gasteiger partial charge in [0.05, 0.1) is 6.04 Å². The zero-order chi connectivity index (χ0) is 16.7. The van der Waals surface area contributed by atoms with E-state index >= 15 is 0 Å². The van der Waals surface area contributed by atoms with Gasteiger partial charge in [0.2, 0.25) is 0 Å². The van der Waals surface area contributed by atoms with E-state index < -0.39 is 0 Å². The molecule has 0 spiro atoms. The van der Waals surface area contributed by atoms with E-state index in [1.807, 2.05) is 36.9 Å². The fourth-order valence-corrected chi connectivity index (χ4v) is 3.12. The smallest absolute Gasteiger partial charge is 0.191 e. The highest BCUT2D eigenvalue weighted by molar-refractivity contribution is 8.00. The summed E-state index contributed by atoms with van der Waals surface area (Å²) in [6, 6.07) is 14.5. The summed E-state index contributed by atoms with van der Waals surface area (Å²) in [7, 11) is 1.78. The van der Waals surface area contributed by atoms with E-state index in [9.17, 15) is 0 Å². The van der Waals surface area contributed by atoms with E-state index in [0.29, 0.717) is 5.25 Å². The molecule has 1 aromatic carbocycles. The van der Waals surface area contributed by atoms with Gasteiger partial charge in [-0.1, -0.05) is 25.1 Å². The van der Waals surface area contributed by atoms with E-state index in [1.165, 1.54) is 4.90 Å². The van der Waals surface area contributed by atoms with Gasteiger partial charge in [-0.2, -0.15) is 0 Å². The molecule has 0 amide bonds. The second kappa shape index (κ2) is 8.67. The minimum absolute atomic E-state index is 0.0759. The standard InChI is InChI=1S/C18H25N3OS/c1-13-10-11-17(22-13)15(3)21-18(19-4)20-12-14(2)23-16-8-6-5-7-9-16/h5-11,14-15H,12H2,1-4H3,(H2,19,20,21). The number of nitrogens with one attached hydrogen (secondary N) is 2. The van der Waals surface area contributed by atoms with E-state index in [4.69, 9.17) is 4.42 Å². The van der Waals surface area contributed by atoms with Gasteiger partial charge in [0.25, 0.3) is 0 Å². The fraction of sp³-hybridized carbons (Fsp3) is 0.389. The summed E-state index contributed by atoms with van der Waals surface area (Å²) in [6.07, 6.45) is 0. The Hall–Kier alpha value is -1.88. The third-order valence-electron chi connectivity index (χ3n) is 3.40. The van der Waals surface area contributed by atoms with Crippen molar-refractivity contribution < 1.29 is 4.42 Å². The summed E-state index contributed by atoms with van der Waals surface area (Å²) >= 11 is 1.85. The first kappa shape index (κ1) is 17.5. The van der Waals surface area contributed by atoms with E-state index in [0.717, 1.165) is 24.0 Å². The van der Waals surface area contributed by atoms with Crippen LogP contribution in [-0.4, -0.2) is 24.8 Å². The first-order chi connectivity index (χ1) is 11.1. The number of hydrogen-bond donors (Lipinski definition) is 2. The van der Waals surface area contributed by atoms with Gasteiger partial charge in [0.1, 0.15) is 11.5 Å². The number of nitrogens with zero attached hydrogens (tertiary/aromatic N) is 1. The summed E-state index contributed by atoms with van der Waals surface area (Å²) in [6.45, 7) is 7.06. The molecule has 2 atom stereocenters. The van der Waals surface area contributed by atoms with Crippen molar-refractivity contribution >= 4 is 17.7 Å². The van der Waals surface area contributed by atoms with Crippen LogP contribution in [0.25, 0.3) is 0 Å². The molecule has 2 unspecified atom stereocenters. The molecule has 124 valence electrons. The first-order valence-electron chi connectivity index (χ1n) is 7.83. The van der Waals surface area contributed by atoms with Gasteiger partial charge in [-0.3, -0.25) is 4.99 Å². The average molecular weight is 331 g/mol. The van der Waals surface area contributed by atoms with Crippen molar-refractivity contribution in [2.75, 3.05) is 13.6 Å². The monoisotopic (exact) mass is 331 g/mol. The molecule has 2 rings (SSSR count). The molecule has 2 aromatic rings. The number of rotatable bonds is 6. The molecule has 1 aromatic heterocycles. The predicted molar refractivity (Wildman–Crippen MR) is 98.1 cm³/mol. The molecular formula is C18H25N3OS. The Morgan fingerprint density at radius 3 is 2.52 bits per heavy atom. The Morgan fingerprint density at radius 2 is 1.91 bits per heavy atom. The highest BCUT2D eigenvalue weighted by Crippen LogP contribution is 2.22. The van der Waals surface area contributed by atoms with Crippen LogP contribution in [0, 0.1) is 6.92 Å². The van der Waals surface area contributed by atoms with Crippen LogP contribution in [0.2, 0.25) is 0 Å². The molecule has 5 heteroatoms. The summed E-state index contributed by atoms with van der Waals surface area (Å²) in [5.74, 6) is 2.62. The summed E-state index contributed by atoms with van der Waals surface area (Å²) in [4.78, 5) is 5.56. The number of aryl methyl sites for hydroxylation is 1. The summed E-state index contributed by atoms with van der Waals surface area (Å²) < 4.78 is 5.65. The van der Waals surface area contributed by atoms with Gasteiger partial charge in [0, 0.05) is 23.7 Å². The molecule has 4 nitrogen and oxygen atoms in total. The lowest BCUT2D eigenvalue weighted by Gasteiger charge is -2.18. The van der Waals surface area contributed by atoms with Gasteiger partial charge in [-0.05, 0) is 38.1 Å². The zero-order valence-electron chi connectivity index (χ0n) is 14.2. The third-order valence-corrected chi connectivity index (χ3v) is 4.52. The minimum Gasteiger partial charge on any atom is -0.464 e. The van der Waals surface area contributed by atoms with Crippen LogP contribution >= 0.6 is 11.8 Å². The molecule has 0 fully saturated rings. The van der Waals surface area contributed by atoms with Crippen LogP contribution < -0.4 is 10.6 Å². The van der Waals surface area contributed by atoms with Crippen LogP contribution in [0.3, 0.4) is 0 Å². The van der Waals surface area contributed by atoms with Crippen LogP contribution in [0.5, 0.6) is 0 Å². The lowest BCUT2D eigenvalue weighted by Crippen LogP contribution is -2.41. The SMILES string of the molecule is CN=C(NCC(C)Sc1ccccc1)NC(C)c1ccc(C)o1. The van der Waals surface area contributed by atoms with Gasteiger partial charge >= 0.3 is 0 Å². The number of aliphatic imine (C=N–C) groups is 1. The zero-order valence-corrected chi connectivity index (χ0v) is 15.0. The topological polar surface area (TPSA) is 49.6 Å². The predicted octanol–water partition coefficient (Wildman–Crippen LogP) is 3.99. The van der Waals surface area contributed by atoms with Crippen molar-refractivity contribution in [2.24, 2.45) is 4.99 Å². The molecule has 23 heavy (non-hydrogen) atoms. The maximum Gasteiger partial charge on any atom is 0.191 e. The summed E-state index contributed by atoms with van der Waals surface area (Å²) in [5.41, 5.74) is 0. The first-order valence-corrected chi connectivity index (χ1v) is 8.71. The fourth-order valence-electron chi connectivity index (χ4n) is 2.17. The van der Waals surface area contributed by atoms with E-state index in [1.54, 1.807) is 7.05 Å². The van der Waals surface area contributed by atoms with Gasteiger partial charge < -0.3 is 15.1 Å². The third kappa shape index (κ3) is 5.67. The van der Waals surface area contributed by atoms with Crippen molar-refractivity contribution in [3.05, 3.63) is 54.0 Å². The highest BCUT2D eigenvalue weighted by atomic mass is 32.2. The Kier molecular flexibility index (Phi) is 6.59. The lowest BCUT2D eigenvalue weighted by atomic mass is 10.2. The maximum absolute atomic E-state index is 5.65. The minimum atomic E-state index is 0.0759. The van der Waals surface area contributed by atoms with Crippen molar-refractivity contribution in [3.63, 3.8) is 0 Å². The molecule has 1 heterocycles. The van der Waals surface area contributed by atoms with Crippen molar-refractivity contribution in [1.29, 1.82) is 0 Å². The lowest BCUT2D eigenvalue weighted by molar-refractivity contribution is 0.441. The highest BCUT2D eigenvalue weighted by Gasteiger charge is 2.12. The Morgan fingerprint density at radius 1 is 1.17 bits per heavy atom. The molecule has 0 bridgehead atoms. The number of guanidine groups is 1. The quantitative estimate of drug-likeness (QED) is 0.477. The van der Waals surface area contributed by atoms with Gasteiger partial charge in [0.15, 0.2) is 5.96 Å². The van der Waals surface area contributed by atoms with Gasteiger partial charge in [-0.15, -0.1) is 11.8 Å². The maximum atomic E-state index is 5.65. The molecule has 0 aliphatic carbocycles. The van der Waals surface area contributed by atoms with Crippen LogP contribution in [-0.2, 0) is 0 Å². The molecule has 0 saturated carbocycles. The number of thioether (sulfide) groups is 1. The molecular weight excluding hydrogens is 306 g/mol. The Labute approximate surface area is 142 Å². The molecule has 0 saturated heterocycles. The molecule has 0 aliphatic heterocycles. The largest absolute Gasteiger partial charge is 0.464 e. The van der Waals surface area contributed by atoms with Crippen LogP contribution in [0.15, 0.2) is 56.8 Å². The molecule has 0 radical (unpaired) electrons.